The number of fused-ring (bicyclic) bond motifs is 1. The molecule has 236 valence electrons. The minimum Gasteiger partial charge on any atom is -0.465 e. The van der Waals surface area contributed by atoms with Crippen LogP contribution in [-0.2, 0) is 19.0 Å². The third-order valence-electron chi connectivity index (χ3n) is 9.78. The van der Waals surface area contributed by atoms with Crippen molar-refractivity contribution in [2.24, 2.45) is 22.7 Å². The molecule has 0 aromatic carbocycles. The first-order chi connectivity index (χ1) is 22.2. The molecule has 0 spiro atoms. The van der Waals surface area contributed by atoms with Crippen molar-refractivity contribution < 1.29 is 33.0 Å². The molecule has 0 radical (unpaired) electrons. The second kappa shape index (κ2) is 12.7. The van der Waals surface area contributed by atoms with Crippen molar-refractivity contribution in [2.75, 3.05) is 6.61 Å². The molecule has 0 N–H and O–H groups in total. The number of rotatable bonds is 8. The van der Waals surface area contributed by atoms with Crippen molar-refractivity contribution in [3.8, 4) is 0 Å². The molecule has 0 amide bonds. The van der Waals surface area contributed by atoms with Gasteiger partial charge in [-0.25, -0.2) is 14.4 Å². The van der Waals surface area contributed by atoms with Gasteiger partial charge in [-0.05, 0) is 79.5 Å². The number of carbonyl (C=O) groups is 3. The van der Waals surface area contributed by atoms with E-state index in [0.717, 1.165) is 24.8 Å². The van der Waals surface area contributed by atoms with Gasteiger partial charge < -0.3 is 18.6 Å². The molecule has 9 nitrogen and oxygen atoms in total. The Hall–Kier alpha value is -5.05. The highest BCUT2D eigenvalue weighted by atomic mass is 16.6. The lowest BCUT2D eigenvalue weighted by molar-refractivity contribution is -0.150. The van der Waals surface area contributed by atoms with Gasteiger partial charge in [0, 0.05) is 42.2 Å². The molecule has 1 aliphatic heterocycles. The molecular weight excluding hydrogens is 584 g/mol. The lowest BCUT2D eigenvalue weighted by atomic mass is 9.46. The first-order valence-electron chi connectivity index (χ1n) is 15.4. The average molecular weight is 621 g/mol. The van der Waals surface area contributed by atoms with E-state index in [1.165, 1.54) is 12.4 Å². The molecule has 2 fully saturated rings. The summed E-state index contributed by atoms with van der Waals surface area (Å²) in [5, 5.41) is 0. The van der Waals surface area contributed by atoms with Crippen LogP contribution < -0.4 is 0 Å². The highest BCUT2D eigenvalue weighted by molar-refractivity contribution is 5.96. The maximum absolute atomic E-state index is 13.3. The SMILES string of the molecule is C=C1CC[C@@H]2[C@](C)(COC(=O)c3cccnc3)[C@H](OC(=O)c3cccnc3)CC[C@@]2(C)[C@@H]1/C=C/C1=CC(=C/c2ccco2)/OC1=O. The molecule has 2 saturated carbocycles. The zero-order valence-corrected chi connectivity index (χ0v) is 25.9. The van der Waals surface area contributed by atoms with Gasteiger partial charge in [0.05, 0.1) is 23.0 Å². The summed E-state index contributed by atoms with van der Waals surface area (Å²) < 4.78 is 22.9. The summed E-state index contributed by atoms with van der Waals surface area (Å²) in [4.78, 5) is 47.2. The van der Waals surface area contributed by atoms with Crippen molar-refractivity contribution in [1.29, 1.82) is 0 Å². The van der Waals surface area contributed by atoms with Crippen molar-refractivity contribution in [3.05, 3.63) is 126 Å². The highest BCUT2D eigenvalue weighted by Gasteiger charge is 2.59. The molecule has 3 aromatic heterocycles. The molecule has 3 aliphatic rings. The Morgan fingerprint density at radius 2 is 1.78 bits per heavy atom. The van der Waals surface area contributed by atoms with Crippen LogP contribution in [0.5, 0.6) is 0 Å². The number of carbonyl (C=O) groups excluding carboxylic acids is 3. The summed E-state index contributed by atoms with van der Waals surface area (Å²) in [6.07, 6.45) is 17.2. The highest BCUT2D eigenvalue weighted by Crippen LogP contribution is 2.62. The topological polar surface area (TPSA) is 118 Å². The van der Waals surface area contributed by atoms with Crippen molar-refractivity contribution in [2.45, 2.75) is 45.6 Å². The van der Waals surface area contributed by atoms with Gasteiger partial charge in [-0.15, -0.1) is 0 Å². The molecule has 0 unspecified atom stereocenters. The second-order valence-electron chi connectivity index (χ2n) is 12.6. The number of ether oxygens (including phenoxy) is 3. The summed E-state index contributed by atoms with van der Waals surface area (Å²) in [5.74, 6) is -0.484. The standard InChI is InChI=1S/C37H36N2O7/c1-24-10-13-31-36(2,30(24)12-11-25-19-29(45-34(25)41)20-28-9-6-18-43-28)15-14-32(46-35(42)27-8-5-17-39-22-27)37(31,3)23-44-33(40)26-7-4-16-38-21-26/h4-9,11-12,16-22,30-32H,1,10,13-15,23H2,2-3H3/b12-11+,29-20-/t30-,31+,32-,36+,37+/m1/s1. The van der Waals surface area contributed by atoms with E-state index in [1.807, 2.05) is 19.1 Å². The quantitative estimate of drug-likeness (QED) is 0.150. The Morgan fingerprint density at radius 1 is 1.04 bits per heavy atom. The van der Waals surface area contributed by atoms with E-state index in [-0.39, 0.29) is 23.9 Å². The number of pyridine rings is 2. The van der Waals surface area contributed by atoms with Crippen LogP contribution >= 0.6 is 0 Å². The number of aromatic nitrogens is 2. The lowest BCUT2D eigenvalue weighted by Crippen LogP contribution is -2.58. The van der Waals surface area contributed by atoms with Gasteiger partial charge >= 0.3 is 17.9 Å². The summed E-state index contributed by atoms with van der Waals surface area (Å²) in [6.45, 7) is 8.75. The Bertz CT molecular complexity index is 1710. The zero-order chi connectivity index (χ0) is 32.3. The number of hydrogen-bond donors (Lipinski definition) is 0. The molecule has 46 heavy (non-hydrogen) atoms. The molecule has 5 atom stereocenters. The van der Waals surface area contributed by atoms with Crippen LogP contribution in [0.4, 0.5) is 0 Å². The van der Waals surface area contributed by atoms with E-state index >= 15 is 0 Å². The number of cyclic esters (lactones) is 1. The monoisotopic (exact) mass is 620 g/mol. The largest absolute Gasteiger partial charge is 0.465 e. The average Bonchev–Trinajstić information content (AvgIpc) is 3.70. The number of hydrogen-bond acceptors (Lipinski definition) is 9. The predicted octanol–water partition coefficient (Wildman–Crippen LogP) is 6.92. The van der Waals surface area contributed by atoms with E-state index in [9.17, 15) is 14.4 Å². The van der Waals surface area contributed by atoms with Crippen LogP contribution in [-0.4, -0.2) is 40.6 Å². The van der Waals surface area contributed by atoms with E-state index < -0.39 is 29.4 Å². The van der Waals surface area contributed by atoms with Gasteiger partial charge in [-0.2, -0.15) is 0 Å². The fourth-order valence-electron chi connectivity index (χ4n) is 7.43. The molecular formula is C37H36N2O7. The van der Waals surface area contributed by atoms with E-state index in [2.05, 4.69) is 23.5 Å². The first-order valence-corrected chi connectivity index (χ1v) is 15.4. The Balaban J connectivity index is 1.28. The number of furan rings is 1. The lowest BCUT2D eigenvalue weighted by Gasteiger charge is -2.59. The van der Waals surface area contributed by atoms with Gasteiger partial charge in [0.2, 0.25) is 0 Å². The molecule has 0 bridgehead atoms. The zero-order valence-electron chi connectivity index (χ0n) is 25.9. The van der Waals surface area contributed by atoms with Gasteiger partial charge in [0.1, 0.15) is 24.2 Å². The van der Waals surface area contributed by atoms with Gasteiger partial charge in [-0.3, -0.25) is 9.97 Å². The third-order valence-corrected chi connectivity index (χ3v) is 9.78. The molecule has 3 aromatic rings. The molecule has 6 rings (SSSR count). The summed E-state index contributed by atoms with van der Waals surface area (Å²) in [5.41, 5.74) is 1.16. The molecule has 4 heterocycles. The summed E-state index contributed by atoms with van der Waals surface area (Å²) in [6, 6.07) is 10.3. The normalized spacial score (nSPS) is 28.4. The maximum atomic E-state index is 13.3. The Kier molecular flexibility index (Phi) is 8.58. The predicted molar refractivity (Wildman–Crippen MR) is 169 cm³/mol. The minimum absolute atomic E-state index is 0.0128. The van der Waals surface area contributed by atoms with Gasteiger partial charge in [-0.1, -0.05) is 38.2 Å². The van der Waals surface area contributed by atoms with Gasteiger partial charge in [0.25, 0.3) is 0 Å². The van der Waals surface area contributed by atoms with Crippen LogP contribution in [0.25, 0.3) is 6.08 Å². The first kappa shape index (κ1) is 31.0. The number of nitrogens with zero attached hydrogens (tertiary/aromatic N) is 2. The van der Waals surface area contributed by atoms with E-state index in [4.69, 9.17) is 18.6 Å². The van der Waals surface area contributed by atoms with Gasteiger partial charge in [0.15, 0.2) is 0 Å². The maximum Gasteiger partial charge on any atom is 0.343 e. The third kappa shape index (κ3) is 6.09. The van der Waals surface area contributed by atoms with Crippen LogP contribution in [0.3, 0.4) is 0 Å². The van der Waals surface area contributed by atoms with Crippen LogP contribution in [0.15, 0.2) is 114 Å². The van der Waals surface area contributed by atoms with Crippen molar-refractivity contribution in [1.82, 2.24) is 9.97 Å². The minimum atomic E-state index is -0.722. The summed E-state index contributed by atoms with van der Waals surface area (Å²) >= 11 is 0. The fraction of sp³-hybridized carbons (Fsp3) is 0.324. The summed E-state index contributed by atoms with van der Waals surface area (Å²) in [7, 11) is 0. The van der Waals surface area contributed by atoms with Crippen LogP contribution in [0.1, 0.15) is 66.0 Å². The number of esters is 3. The Labute approximate surface area is 267 Å². The van der Waals surface area contributed by atoms with Crippen molar-refractivity contribution >= 4 is 24.0 Å². The van der Waals surface area contributed by atoms with Crippen LogP contribution in [0, 0.1) is 22.7 Å². The molecule has 0 saturated heterocycles. The Morgan fingerprint density at radius 3 is 2.46 bits per heavy atom. The second-order valence-corrected chi connectivity index (χ2v) is 12.6. The molecule has 2 aliphatic carbocycles. The van der Waals surface area contributed by atoms with E-state index in [1.54, 1.807) is 67.2 Å². The smallest absolute Gasteiger partial charge is 0.343 e. The fourth-order valence-corrected chi connectivity index (χ4v) is 7.43. The number of allylic oxidation sites excluding steroid dienone is 3. The molecule has 9 heteroatoms. The van der Waals surface area contributed by atoms with Crippen LogP contribution in [0.2, 0.25) is 0 Å². The van der Waals surface area contributed by atoms with Crippen molar-refractivity contribution in [3.63, 3.8) is 0 Å². The van der Waals surface area contributed by atoms with E-state index in [0.29, 0.717) is 34.6 Å².